The Bertz CT molecular complexity index is 432. The van der Waals surface area contributed by atoms with Gasteiger partial charge in [-0.05, 0) is 39.0 Å². The minimum absolute atomic E-state index is 0.112. The van der Waals surface area contributed by atoms with Crippen LogP contribution in [0.5, 0.6) is 0 Å². The Morgan fingerprint density at radius 1 is 1.42 bits per heavy atom. The summed E-state index contributed by atoms with van der Waals surface area (Å²) >= 11 is 0. The molecule has 0 saturated heterocycles. The maximum atomic E-state index is 11.8. The average Bonchev–Trinajstić information content (AvgIpc) is 2.37. The molecule has 0 radical (unpaired) electrons. The van der Waals surface area contributed by atoms with Gasteiger partial charge in [0.1, 0.15) is 0 Å². The van der Waals surface area contributed by atoms with Gasteiger partial charge in [-0.25, -0.2) is 4.79 Å². The summed E-state index contributed by atoms with van der Waals surface area (Å²) in [5.74, 6) is 0. The van der Waals surface area contributed by atoms with E-state index in [-0.39, 0.29) is 12.6 Å². The maximum absolute atomic E-state index is 11.8. The van der Waals surface area contributed by atoms with Gasteiger partial charge in [0.25, 0.3) is 0 Å². The highest BCUT2D eigenvalue weighted by atomic mass is 16.3. The van der Waals surface area contributed by atoms with Gasteiger partial charge in [-0.3, -0.25) is 0 Å². The predicted octanol–water partition coefficient (Wildman–Crippen LogP) is 2.04. The van der Waals surface area contributed by atoms with Crippen LogP contribution >= 0.6 is 0 Å². The third-order valence-electron chi connectivity index (χ3n) is 2.87. The largest absolute Gasteiger partial charge is 0.394 e. The van der Waals surface area contributed by atoms with Crippen molar-refractivity contribution in [3.8, 4) is 0 Å². The molecule has 0 unspecified atom stereocenters. The Balaban J connectivity index is 2.69. The Labute approximate surface area is 114 Å². The van der Waals surface area contributed by atoms with Crippen LogP contribution in [0.15, 0.2) is 24.3 Å². The SMILES string of the molecule is CCN(C)c1cccc(NC(=O)NC(C)(C)CO)c1. The van der Waals surface area contributed by atoms with Crippen molar-refractivity contribution >= 4 is 17.4 Å². The molecule has 0 atom stereocenters. The van der Waals surface area contributed by atoms with E-state index >= 15 is 0 Å². The summed E-state index contributed by atoms with van der Waals surface area (Å²) in [6, 6.07) is 7.31. The number of nitrogens with one attached hydrogen (secondary N) is 2. The zero-order valence-electron chi connectivity index (χ0n) is 12.0. The molecular weight excluding hydrogens is 242 g/mol. The molecule has 19 heavy (non-hydrogen) atoms. The van der Waals surface area contributed by atoms with Crippen LogP contribution in [-0.4, -0.2) is 36.9 Å². The summed E-state index contributed by atoms with van der Waals surface area (Å²) in [5, 5.41) is 14.6. The minimum Gasteiger partial charge on any atom is -0.394 e. The van der Waals surface area contributed by atoms with E-state index in [9.17, 15) is 4.79 Å². The molecule has 5 heteroatoms. The number of hydrogen-bond donors (Lipinski definition) is 3. The first-order valence-electron chi connectivity index (χ1n) is 6.39. The van der Waals surface area contributed by atoms with E-state index in [1.807, 2.05) is 31.3 Å². The summed E-state index contributed by atoms with van der Waals surface area (Å²) in [7, 11) is 1.99. The maximum Gasteiger partial charge on any atom is 0.319 e. The lowest BCUT2D eigenvalue weighted by Crippen LogP contribution is -2.48. The van der Waals surface area contributed by atoms with Crippen LogP contribution in [0, 0.1) is 0 Å². The van der Waals surface area contributed by atoms with Gasteiger partial charge in [0.15, 0.2) is 0 Å². The van der Waals surface area contributed by atoms with E-state index in [1.54, 1.807) is 13.8 Å². The molecule has 0 heterocycles. The second-order valence-electron chi connectivity index (χ2n) is 5.19. The number of benzene rings is 1. The first-order valence-corrected chi connectivity index (χ1v) is 6.39. The summed E-state index contributed by atoms with van der Waals surface area (Å²) < 4.78 is 0. The Hall–Kier alpha value is -1.75. The molecule has 1 rings (SSSR count). The van der Waals surface area contributed by atoms with Gasteiger partial charge < -0.3 is 20.6 Å². The van der Waals surface area contributed by atoms with Crippen molar-refractivity contribution in [2.45, 2.75) is 26.3 Å². The lowest BCUT2D eigenvalue weighted by Gasteiger charge is -2.24. The van der Waals surface area contributed by atoms with Crippen LogP contribution in [0.3, 0.4) is 0 Å². The molecule has 0 bridgehead atoms. The highest BCUT2D eigenvalue weighted by Crippen LogP contribution is 2.18. The highest BCUT2D eigenvalue weighted by Gasteiger charge is 2.18. The first kappa shape index (κ1) is 15.3. The molecule has 1 aromatic carbocycles. The summed E-state index contributed by atoms with van der Waals surface area (Å²) in [6.07, 6.45) is 0. The van der Waals surface area contributed by atoms with E-state index in [4.69, 9.17) is 5.11 Å². The van der Waals surface area contributed by atoms with E-state index in [1.165, 1.54) is 0 Å². The number of amides is 2. The summed E-state index contributed by atoms with van der Waals surface area (Å²) in [4.78, 5) is 13.9. The number of rotatable bonds is 5. The summed E-state index contributed by atoms with van der Waals surface area (Å²) in [6.45, 7) is 6.37. The predicted molar refractivity (Wildman–Crippen MR) is 78.7 cm³/mol. The fourth-order valence-corrected chi connectivity index (χ4v) is 1.51. The normalized spacial score (nSPS) is 11.0. The van der Waals surface area contributed by atoms with Gasteiger partial charge in [-0.15, -0.1) is 0 Å². The van der Waals surface area contributed by atoms with Crippen LogP contribution in [0.25, 0.3) is 0 Å². The number of carbonyl (C=O) groups is 1. The Morgan fingerprint density at radius 2 is 2.11 bits per heavy atom. The van der Waals surface area contributed by atoms with E-state index in [2.05, 4.69) is 22.5 Å². The highest BCUT2D eigenvalue weighted by molar-refractivity contribution is 5.90. The zero-order valence-corrected chi connectivity index (χ0v) is 12.0. The lowest BCUT2D eigenvalue weighted by molar-refractivity contribution is 0.187. The topological polar surface area (TPSA) is 64.6 Å². The smallest absolute Gasteiger partial charge is 0.319 e. The number of anilines is 2. The van der Waals surface area contributed by atoms with Crippen molar-refractivity contribution in [2.75, 3.05) is 30.4 Å². The number of hydrogen-bond acceptors (Lipinski definition) is 3. The van der Waals surface area contributed by atoms with E-state index < -0.39 is 5.54 Å². The molecule has 0 saturated carbocycles. The van der Waals surface area contributed by atoms with E-state index in [0.29, 0.717) is 0 Å². The molecule has 0 aliphatic rings. The van der Waals surface area contributed by atoms with Crippen LogP contribution in [0.2, 0.25) is 0 Å². The monoisotopic (exact) mass is 265 g/mol. The standard InChI is InChI=1S/C14H23N3O2/c1-5-17(4)12-8-6-7-11(9-12)15-13(19)16-14(2,3)10-18/h6-9,18H,5,10H2,1-4H3,(H2,15,16,19). The number of urea groups is 1. The molecular formula is C14H23N3O2. The second kappa shape index (κ2) is 6.43. The zero-order chi connectivity index (χ0) is 14.5. The van der Waals surface area contributed by atoms with Gasteiger partial charge in [-0.1, -0.05) is 6.07 Å². The van der Waals surface area contributed by atoms with Crippen molar-refractivity contribution in [1.29, 1.82) is 0 Å². The number of nitrogens with zero attached hydrogens (tertiary/aromatic N) is 1. The third-order valence-corrected chi connectivity index (χ3v) is 2.87. The van der Waals surface area contributed by atoms with Crippen molar-refractivity contribution in [2.24, 2.45) is 0 Å². The van der Waals surface area contributed by atoms with Gasteiger partial charge in [0.05, 0.1) is 12.1 Å². The van der Waals surface area contributed by atoms with Crippen molar-refractivity contribution in [3.05, 3.63) is 24.3 Å². The van der Waals surface area contributed by atoms with Crippen molar-refractivity contribution in [1.82, 2.24) is 5.32 Å². The Kier molecular flexibility index (Phi) is 5.18. The molecule has 0 aromatic heterocycles. The molecule has 0 aliphatic heterocycles. The molecule has 5 nitrogen and oxygen atoms in total. The number of aliphatic hydroxyl groups is 1. The molecule has 2 amide bonds. The van der Waals surface area contributed by atoms with Crippen molar-refractivity contribution < 1.29 is 9.90 Å². The fraction of sp³-hybridized carbons (Fsp3) is 0.500. The van der Waals surface area contributed by atoms with Gasteiger partial charge in [-0.2, -0.15) is 0 Å². The van der Waals surface area contributed by atoms with Crippen LogP contribution in [0.1, 0.15) is 20.8 Å². The van der Waals surface area contributed by atoms with E-state index in [0.717, 1.165) is 17.9 Å². The molecule has 0 aliphatic carbocycles. The number of carbonyl (C=O) groups excluding carboxylic acids is 1. The second-order valence-corrected chi connectivity index (χ2v) is 5.19. The average molecular weight is 265 g/mol. The van der Waals surface area contributed by atoms with Crippen molar-refractivity contribution in [3.63, 3.8) is 0 Å². The van der Waals surface area contributed by atoms with Gasteiger partial charge in [0.2, 0.25) is 0 Å². The summed E-state index contributed by atoms with van der Waals surface area (Å²) in [5.41, 5.74) is 1.13. The molecule has 106 valence electrons. The van der Waals surface area contributed by atoms with Crippen LogP contribution in [-0.2, 0) is 0 Å². The third kappa shape index (κ3) is 4.79. The molecule has 0 spiro atoms. The molecule has 3 N–H and O–H groups in total. The van der Waals surface area contributed by atoms with Gasteiger partial charge >= 0.3 is 6.03 Å². The quantitative estimate of drug-likeness (QED) is 0.763. The van der Waals surface area contributed by atoms with Crippen LogP contribution in [0.4, 0.5) is 16.2 Å². The first-order chi connectivity index (χ1) is 8.88. The fourth-order valence-electron chi connectivity index (χ4n) is 1.51. The molecule has 0 fully saturated rings. The number of aliphatic hydroxyl groups excluding tert-OH is 1. The van der Waals surface area contributed by atoms with Gasteiger partial charge in [0, 0.05) is 25.0 Å². The lowest BCUT2D eigenvalue weighted by atomic mass is 10.1. The van der Waals surface area contributed by atoms with Crippen LogP contribution < -0.4 is 15.5 Å². The minimum atomic E-state index is -0.637. The molecule has 1 aromatic rings. The Morgan fingerprint density at radius 3 is 2.68 bits per heavy atom.